The number of pyridine rings is 1. The quantitative estimate of drug-likeness (QED) is 0.749. The number of aryl methyl sites for hydroxylation is 1. The molecular weight excluding hydrogens is 282 g/mol. The van der Waals surface area contributed by atoms with Crippen molar-refractivity contribution in [2.75, 3.05) is 0 Å². The van der Waals surface area contributed by atoms with Gasteiger partial charge >= 0.3 is 5.69 Å². The predicted octanol–water partition coefficient (Wildman–Crippen LogP) is 2.66. The van der Waals surface area contributed by atoms with Gasteiger partial charge in [0.2, 0.25) is 0 Å². The van der Waals surface area contributed by atoms with Crippen molar-refractivity contribution in [1.29, 1.82) is 0 Å². The number of nitrogens with zero attached hydrogens (tertiary/aromatic N) is 2. The van der Waals surface area contributed by atoms with Crippen molar-refractivity contribution in [2.24, 2.45) is 0 Å². The van der Waals surface area contributed by atoms with Gasteiger partial charge in [-0.15, -0.1) is 0 Å². The molecule has 3 aromatic rings. The Balaban J connectivity index is 2.61. The van der Waals surface area contributed by atoms with E-state index in [0.29, 0.717) is 6.54 Å². The van der Waals surface area contributed by atoms with Crippen LogP contribution in [0, 0.1) is 0 Å². The Morgan fingerprint density at radius 2 is 2.29 bits per heavy atom. The van der Waals surface area contributed by atoms with Crippen LogP contribution in [0.2, 0.25) is 0 Å². The van der Waals surface area contributed by atoms with Crippen LogP contribution >= 0.6 is 15.9 Å². The van der Waals surface area contributed by atoms with Gasteiger partial charge in [-0.2, -0.15) is 0 Å². The Bertz CT molecular complexity index is 772. The highest BCUT2D eigenvalue weighted by molar-refractivity contribution is 9.10. The fourth-order valence-corrected chi connectivity index (χ4v) is 2.48. The number of hydrogen-bond donors (Lipinski definition) is 1. The van der Waals surface area contributed by atoms with Crippen LogP contribution in [0.5, 0.6) is 0 Å². The molecule has 2 aromatic heterocycles. The highest BCUT2D eigenvalue weighted by Crippen LogP contribution is 2.24. The molecule has 0 aliphatic heterocycles. The minimum absolute atomic E-state index is 0.0863. The van der Waals surface area contributed by atoms with Crippen molar-refractivity contribution < 1.29 is 0 Å². The number of aromatic nitrogens is 3. The molecular formula is C12H10BrN3O. The van der Waals surface area contributed by atoms with Gasteiger partial charge < -0.3 is 4.98 Å². The van der Waals surface area contributed by atoms with Crippen LogP contribution in [0.3, 0.4) is 0 Å². The summed E-state index contributed by atoms with van der Waals surface area (Å²) in [4.78, 5) is 18.9. The molecule has 0 saturated heterocycles. The average molecular weight is 292 g/mol. The maximum Gasteiger partial charge on any atom is 0.326 e. The molecule has 5 heteroatoms. The van der Waals surface area contributed by atoms with Crippen molar-refractivity contribution in [3.63, 3.8) is 0 Å². The monoisotopic (exact) mass is 291 g/mol. The number of hydrogen-bond acceptors (Lipinski definition) is 2. The summed E-state index contributed by atoms with van der Waals surface area (Å²) in [6.07, 6.45) is 1.71. The second kappa shape index (κ2) is 3.70. The van der Waals surface area contributed by atoms with E-state index in [4.69, 9.17) is 0 Å². The molecule has 2 heterocycles. The van der Waals surface area contributed by atoms with Gasteiger partial charge in [-0.1, -0.05) is 15.9 Å². The normalized spacial score (nSPS) is 11.4. The third-order valence-corrected chi connectivity index (χ3v) is 3.37. The molecule has 0 aliphatic carbocycles. The Labute approximate surface area is 105 Å². The van der Waals surface area contributed by atoms with Gasteiger partial charge in [0.15, 0.2) is 0 Å². The maximum atomic E-state index is 11.8. The molecule has 0 unspecified atom stereocenters. The minimum Gasteiger partial charge on any atom is -0.304 e. The largest absolute Gasteiger partial charge is 0.326 e. The maximum absolute atomic E-state index is 11.8. The molecule has 0 radical (unpaired) electrons. The number of nitrogens with one attached hydrogen (secondary N) is 1. The number of halogens is 1. The molecule has 3 rings (SSSR count). The Morgan fingerprint density at radius 1 is 1.47 bits per heavy atom. The van der Waals surface area contributed by atoms with Crippen molar-refractivity contribution in [2.45, 2.75) is 13.5 Å². The first-order chi connectivity index (χ1) is 8.20. The zero-order chi connectivity index (χ0) is 12.0. The molecule has 1 aromatic carbocycles. The molecule has 0 bridgehead atoms. The predicted molar refractivity (Wildman–Crippen MR) is 71.2 cm³/mol. The van der Waals surface area contributed by atoms with Crippen LogP contribution < -0.4 is 5.69 Å². The Morgan fingerprint density at radius 3 is 3.06 bits per heavy atom. The summed E-state index contributed by atoms with van der Waals surface area (Å²) in [7, 11) is 0. The summed E-state index contributed by atoms with van der Waals surface area (Å²) < 4.78 is 2.71. The topological polar surface area (TPSA) is 50.7 Å². The summed E-state index contributed by atoms with van der Waals surface area (Å²) in [6.45, 7) is 2.60. The van der Waals surface area contributed by atoms with E-state index in [9.17, 15) is 4.79 Å². The standard InChI is InChI=1S/C12H10BrN3O/c1-2-16-11-8-5-7(13)3-4-9(8)14-6-10(11)15-12(16)17/h3-6H,2H2,1H3,(H,15,17). The van der Waals surface area contributed by atoms with Crippen molar-refractivity contribution >= 4 is 37.9 Å². The lowest BCUT2D eigenvalue weighted by Gasteiger charge is -2.03. The smallest absolute Gasteiger partial charge is 0.304 e. The molecule has 86 valence electrons. The van der Waals surface area contributed by atoms with Crippen molar-refractivity contribution in [3.8, 4) is 0 Å². The molecule has 0 atom stereocenters. The summed E-state index contributed by atoms with van der Waals surface area (Å²) in [5, 5.41) is 0.983. The third kappa shape index (κ3) is 1.50. The Kier molecular flexibility index (Phi) is 2.29. The molecule has 0 amide bonds. The van der Waals surface area contributed by atoms with E-state index in [-0.39, 0.29) is 5.69 Å². The number of benzene rings is 1. The second-order valence-corrected chi connectivity index (χ2v) is 4.77. The van der Waals surface area contributed by atoms with Crippen molar-refractivity contribution in [1.82, 2.24) is 14.5 Å². The van der Waals surface area contributed by atoms with Gasteiger partial charge in [-0.25, -0.2) is 4.79 Å². The lowest BCUT2D eigenvalue weighted by Crippen LogP contribution is -2.15. The molecule has 0 fully saturated rings. The van der Waals surface area contributed by atoms with Crippen LogP contribution in [0.1, 0.15) is 6.92 Å². The van der Waals surface area contributed by atoms with Gasteiger partial charge in [0.25, 0.3) is 0 Å². The zero-order valence-electron chi connectivity index (χ0n) is 9.20. The highest BCUT2D eigenvalue weighted by atomic mass is 79.9. The molecule has 0 saturated carbocycles. The summed E-state index contributed by atoms with van der Waals surface area (Å²) >= 11 is 3.45. The van der Waals surface area contributed by atoms with Crippen LogP contribution in [0.4, 0.5) is 0 Å². The summed E-state index contributed by atoms with van der Waals surface area (Å²) in [5.74, 6) is 0. The van der Waals surface area contributed by atoms with E-state index in [0.717, 1.165) is 26.4 Å². The molecule has 4 nitrogen and oxygen atoms in total. The summed E-state index contributed by atoms with van der Waals surface area (Å²) in [6, 6.07) is 5.88. The van der Waals surface area contributed by atoms with Gasteiger partial charge in [0, 0.05) is 16.4 Å². The van der Waals surface area contributed by atoms with E-state index >= 15 is 0 Å². The van der Waals surface area contributed by atoms with E-state index in [1.807, 2.05) is 25.1 Å². The fraction of sp³-hybridized carbons (Fsp3) is 0.167. The van der Waals surface area contributed by atoms with E-state index in [1.54, 1.807) is 10.8 Å². The Hall–Kier alpha value is -1.62. The van der Waals surface area contributed by atoms with Crippen LogP contribution in [0.15, 0.2) is 33.7 Å². The molecule has 17 heavy (non-hydrogen) atoms. The lowest BCUT2D eigenvalue weighted by atomic mass is 10.2. The van der Waals surface area contributed by atoms with E-state index in [1.165, 1.54) is 0 Å². The van der Waals surface area contributed by atoms with E-state index < -0.39 is 0 Å². The number of rotatable bonds is 1. The highest BCUT2D eigenvalue weighted by Gasteiger charge is 2.09. The molecule has 1 N–H and O–H groups in total. The van der Waals surface area contributed by atoms with Crippen molar-refractivity contribution in [3.05, 3.63) is 39.4 Å². The van der Waals surface area contributed by atoms with Crippen LogP contribution in [0.25, 0.3) is 21.9 Å². The SMILES string of the molecule is CCn1c(=O)[nH]c2cnc3ccc(Br)cc3c21. The number of H-pyrrole nitrogens is 1. The third-order valence-electron chi connectivity index (χ3n) is 2.87. The fourth-order valence-electron chi connectivity index (χ4n) is 2.12. The number of aromatic amines is 1. The number of imidazole rings is 1. The first-order valence-corrected chi connectivity index (χ1v) is 6.17. The number of fused-ring (bicyclic) bond motifs is 3. The molecule has 0 spiro atoms. The second-order valence-electron chi connectivity index (χ2n) is 3.86. The first kappa shape index (κ1) is 10.5. The van der Waals surface area contributed by atoms with Gasteiger partial charge in [-0.3, -0.25) is 9.55 Å². The van der Waals surface area contributed by atoms with Gasteiger partial charge in [-0.05, 0) is 25.1 Å². The van der Waals surface area contributed by atoms with E-state index in [2.05, 4.69) is 25.9 Å². The summed E-state index contributed by atoms with van der Waals surface area (Å²) in [5.41, 5.74) is 2.50. The van der Waals surface area contributed by atoms with Gasteiger partial charge in [0.1, 0.15) is 0 Å². The first-order valence-electron chi connectivity index (χ1n) is 5.37. The lowest BCUT2D eigenvalue weighted by molar-refractivity contribution is 0.755. The minimum atomic E-state index is -0.0863. The zero-order valence-corrected chi connectivity index (χ0v) is 10.8. The van der Waals surface area contributed by atoms with Crippen LogP contribution in [-0.2, 0) is 6.54 Å². The average Bonchev–Trinajstić information content (AvgIpc) is 2.64. The molecule has 0 aliphatic rings. The van der Waals surface area contributed by atoms with Crippen LogP contribution in [-0.4, -0.2) is 14.5 Å². The van der Waals surface area contributed by atoms with Gasteiger partial charge in [0.05, 0.1) is 22.7 Å².